The van der Waals surface area contributed by atoms with E-state index >= 15 is 0 Å². The van der Waals surface area contributed by atoms with Gasteiger partial charge in [0.2, 0.25) is 28.0 Å². The molecule has 3 aromatic rings. The Morgan fingerprint density at radius 2 is 1.95 bits per heavy atom. The van der Waals surface area contributed by atoms with Crippen LogP contribution < -0.4 is 18.9 Å². The van der Waals surface area contributed by atoms with Gasteiger partial charge in [-0.3, -0.25) is 4.79 Å². The summed E-state index contributed by atoms with van der Waals surface area (Å²) in [5.41, 5.74) is 2.26. The summed E-state index contributed by atoms with van der Waals surface area (Å²) in [6.07, 6.45) is 5.30. The van der Waals surface area contributed by atoms with E-state index in [9.17, 15) is 26.2 Å². The highest BCUT2D eigenvalue weighted by atomic mass is 35.5. The number of carbonyl (C=O) groups is 1. The van der Waals surface area contributed by atoms with Gasteiger partial charge in [0.15, 0.2) is 5.75 Å². The number of allylic oxidation sites excluding steroid dienone is 2. The second kappa shape index (κ2) is 11.6. The van der Waals surface area contributed by atoms with Crippen molar-refractivity contribution in [3.8, 4) is 5.75 Å². The van der Waals surface area contributed by atoms with E-state index in [1.807, 2.05) is 48.1 Å². The minimum atomic E-state index is -4.37. The average molecular weight is 612 g/mol. The first kappa shape index (κ1) is 29.0. The minimum absolute atomic E-state index is 0.0927. The standard InChI is InChI=1S/C25H26ClN3O7S3/c1-3-17(13-24-28(11-6-12-39(33,34)35)20-15-18(26)9-10-21(20)36-24)14-25-29(16-23(30)27-38(2,31)32)19-7-4-5-8-22(19)37-25/h4-5,7-10,13-15H,3,6,11-12,16H2,1-2H3,(H-,27,30,33,34,35). The number of ether oxygens (including phenoxy) is 1. The van der Waals surface area contributed by atoms with Crippen LogP contribution in [0.25, 0.3) is 16.3 Å². The van der Waals surface area contributed by atoms with E-state index in [0.29, 0.717) is 28.8 Å². The molecule has 0 aliphatic carbocycles. The molecule has 1 aromatic heterocycles. The zero-order valence-electron chi connectivity index (χ0n) is 21.1. The molecule has 0 bridgehead atoms. The molecule has 2 heterocycles. The summed E-state index contributed by atoms with van der Waals surface area (Å²) in [5.74, 6) is -0.199. The Morgan fingerprint density at radius 3 is 2.64 bits per heavy atom. The third-order valence-electron chi connectivity index (χ3n) is 5.73. The van der Waals surface area contributed by atoms with Crippen molar-refractivity contribution in [3.63, 3.8) is 0 Å². The predicted octanol–water partition coefficient (Wildman–Crippen LogP) is 3.39. The first-order valence-electron chi connectivity index (χ1n) is 11.9. The van der Waals surface area contributed by atoms with E-state index in [2.05, 4.69) is 0 Å². The van der Waals surface area contributed by atoms with Crippen LogP contribution in [0, 0.1) is 0 Å². The fourth-order valence-corrected chi connectivity index (χ4v) is 6.35. The van der Waals surface area contributed by atoms with Crippen molar-refractivity contribution >= 4 is 71.0 Å². The van der Waals surface area contributed by atoms with E-state index in [0.717, 1.165) is 27.1 Å². The van der Waals surface area contributed by atoms with Crippen molar-refractivity contribution in [1.82, 2.24) is 4.72 Å². The number of sulfonamides is 1. The number of rotatable bonds is 10. The molecule has 0 saturated carbocycles. The molecular weight excluding hydrogens is 586 g/mol. The van der Waals surface area contributed by atoms with Crippen LogP contribution in [0.15, 0.2) is 60.0 Å². The number of anilines is 1. The SMILES string of the molecule is CCC(=Cc1sc2ccccc2[n+]1CC(=O)NS(C)(=O)=O)C=C1Oc2ccc(Cl)cc2N1CCCS(=O)(=O)[O-]. The Balaban J connectivity index is 1.71. The molecule has 0 radical (unpaired) electrons. The number of hydrogen-bond acceptors (Lipinski definition) is 9. The number of halogens is 1. The summed E-state index contributed by atoms with van der Waals surface area (Å²) in [7, 11) is -8.08. The summed E-state index contributed by atoms with van der Waals surface area (Å²) in [6, 6.07) is 12.6. The van der Waals surface area contributed by atoms with Gasteiger partial charge < -0.3 is 14.2 Å². The summed E-state index contributed by atoms with van der Waals surface area (Å²) >= 11 is 7.64. The maximum absolute atomic E-state index is 12.5. The van der Waals surface area contributed by atoms with Crippen LogP contribution in [0.3, 0.4) is 0 Å². The molecule has 208 valence electrons. The van der Waals surface area contributed by atoms with Crippen LogP contribution >= 0.6 is 22.9 Å². The maximum Gasteiger partial charge on any atom is 0.299 e. The molecule has 0 spiro atoms. The van der Waals surface area contributed by atoms with Crippen molar-refractivity contribution in [1.29, 1.82) is 0 Å². The number of benzene rings is 2. The number of nitrogens with zero attached hydrogens (tertiary/aromatic N) is 2. The van der Waals surface area contributed by atoms with Gasteiger partial charge in [0.25, 0.3) is 10.9 Å². The molecule has 0 unspecified atom stereocenters. The second-order valence-corrected chi connectivity index (χ2v) is 13.6. The Kier molecular flexibility index (Phi) is 8.66. The summed E-state index contributed by atoms with van der Waals surface area (Å²) in [5, 5.41) is 1.20. The number of aromatic nitrogens is 1. The third-order valence-corrected chi connectivity index (χ3v) is 8.47. The molecule has 1 aliphatic heterocycles. The van der Waals surface area contributed by atoms with Crippen LogP contribution in [0.5, 0.6) is 5.75 Å². The normalized spacial score (nSPS) is 15.0. The lowest BCUT2D eigenvalue weighted by atomic mass is 10.2. The molecule has 0 fully saturated rings. The Morgan fingerprint density at radius 1 is 1.21 bits per heavy atom. The number of fused-ring (bicyclic) bond motifs is 2. The second-order valence-electron chi connectivity index (χ2n) is 8.83. The first-order valence-corrected chi connectivity index (χ1v) is 16.5. The Bertz CT molecular complexity index is 1700. The maximum atomic E-state index is 12.5. The van der Waals surface area contributed by atoms with E-state index in [1.54, 1.807) is 27.7 Å². The fourth-order valence-electron chi connectivity index (χ4n) is 4.08. The average Bonchev–Trinajstić information content (AvgIpc) is 3.34. The van der Waals surface area contributed by atoms with Gasteiger partial charge in [-0.2, -0.15) is 4.57 Å². The van der Waals surface area contributed by atoms with E-state index < -0.39 is 31.8 Å². The molecule has 0 saturated heterocycles. The van der Waals surface area contributed by atoms with E-state index in [4.69, 9.17) is 16.3 Å². The summed E-state index contributed by atoms with van der Waals surface area (Å²) < 4.78 is 67.4. The molecule has 1 aliphatic rings. The van der Waals surface area contributed by atoms with Crippen molar-refractivity contribution in [3.05, 3.63) is 70.0 Å². The largest absolute Gasteiger partial charge is 0.748 e. The van der Waals surface area contributed by atoms with Gasteiger partial charge in [0.05, 0.1) is 22.1 Å². The summed E-state index contributed by atoms with van der Waals surface area (Å²) in [4.78, 5) is 14.3. The van der Waals surface area contributed by atoms with Crippen LogP contribution in [-0.4, -0.2) is 45.8 Å². The molecule has 0 atom stereocenters. The Labute approximate surface area is 236 Å². The predicted molar refractivity (Wildman–Crippen MR) is 150 cm³/mol. The third kappa shape index (κ3) is 7.57. The number of amides is 1. The van der Waals surface area contributed by atoms with E-state index in [1.165, 1.54) is 11.3 Å². The van der Waals surface area contributed by atoms with Gasteiger partial charge >= 0.3 is 0 Å². The van der Waals surface area contributed by atoms with E-state index in [-0.39, 0.29) is 19.5 Å². The highest BCUT2D eigenvalue weighted by Gasteiger charge is 2.28. The minimum Gasteiger partial charge on any atom is -0.748 e. The van der Waals surface area contributed by atoms with Crippen molar-refractivity contribution < 1.29 is 35.5 Å². The smallest absolute Gasteiger partial charge is 0.299 e. The van der Waals surface area contributed by atoms with Crippen molar-refractivity contribution in [2.75, 3.05) is 23.5 Å². The Hall–Kier alpha value is -2.97. The van der Waals surface area contributed by atoms with Gasteiger partial charge in [-0.05, 0) is 42.7 Å². The molecule has 1 N–H and O–H groups in total. The zero-order chi connectivity index (χ0) is 28.4. The number of thiazole rings is 1. The van der Waals surface area contributed by atoms with Gasteiger partial charge in [-0.1, -0.05) is 42.0 Å². The van der Waals surface area contributed by atoms with Crippen LogP contribution in [0.1, 0.15) is 24.8 Å². The van der Waals surface area contributed by atoms with Crippen LogP contribution in [0.4, 0.5) is 5.69 Å². The number of carbonyl (C=O) groups excluding carboxylic acids is 1. The monoisotopic (exact) mass is 611 g/mol. The number of nitrogens with one attached hydrogen (secondary N) is 1. The molecule has 1 amide bonds. The first-order chi connectivity index (χ1) is 18.3. The lowest BCUT2D eigenvalue weighted by Gasteiger charge is -2.19. The molecule has 14 heteroatoms. The van der Waals surface area contributed by atoms with Crippen LogP contribution in [0.2, 0.25) is 5.02 Å². The van der Waals surface area contributed by atoms with Crippen LogP contribution in [-0.2, 0) is 31.5 Å². The summed E-state index contributed by atoms with van der Waals surface area (Å²) in [6.45, 7) is 1.96. The van der Waals surface area contributed by atoms with Gasteiger partial charge in [0, 0.05) is 35.5 Å². The lowest BCUT2D eigenvalue weighted by molar-refractivity contribution is -0.655. The molecule has 10 nitrogen and oxygen atoms in total. The lowest BCUT2D eigenvalue weighted by Crippen LogP contribution is -2.45. The quantitative estimate of drug-likeness (QED) is 0.272. The van der Waals surface area contributed by atoms with Gasteiger partial charge in [0.1, 0.15) is 4.70 Å². The number of hydrogen-bond donors (Lipinski definition) is 1. The zero-order valence-corrected chi connectivity index (χ0v) is 24.3. The van der Waals surface area contributed by atoms with Gasteiger partial charge in [-0.25, -0.2) is 21.6 Å². The molecule has 2 aromatic carbocycles. The van der Waals surface area contributed by atoms with Gasteiger partial charge in [-0.15, -0.1) is 0 Å². The highest BCUT2D eigenvalue weighted by Crippen LogP contribution is 2.41. The number of para-hydroxylation sites is 1. The topological polar surface area (TPSA) is 137 Å². The van der Waals surface area contributed by atoms with Crippen molar-refractivity contribution in [2.24, 2.45) is 0 Å². The van der Waals surface area contributed by atoms with Crippen molar-refractivity contribution in [2.45, 2.75) is 26.3 Å². The molecule has 4 rings (SSSR count). The highest BCUT2D eigenvalue weighted by molar-refractivity contribution is 7.89. The molecular formula is C25H26ClN3O7S3. The molecule has 39 heavy (non-hydrogen) atoms. The fraction of sp³-hybridized carbons (Fsp3) is 0.280.